The fourth-order valence-corrected chi connectivity index (χ4v) is 1.50. The van der Waals surface area contributed by atoms with Crippen molar-refractivity contribution in [2.24, 2.45) is 5.29 Å². The van der Waals surface area contributed by atoms with Gasteiger partial charge in [0.2, 0.25) is 0 Å². The van der Waals surface area contributed by atoms with E-state index in [0.717, 1.165) is 5.01 Å². The number of phenolic OH excluding ortho intramolecular Hbond substituents is 2. The molecule has 2 N–H and O–H groups in total. The van der Waals surface area contributed by atoms with Gasteiger partial charge in [0.05, 0.1) is 5.29 Å². The van der Waals surface area contributed by atoms with Crippen molar-refractivity contribution in [1.29, 1.82) is 0 Å². The molecule has 5 nitrogen and oxygen atoms in total. The van der Waals surface area contributed by atoms with E-state index in [1.165, 1.54) is 24.3 Å². The summed E-state index contributed by atoms with van der Waals surface area (Å²) in [5.41, 5.74) is 0.424. The van der Waals surface area contributed by atoms with Gasteiger partial charge in [-0.3, -0.25) is 0 Å². The fraction of sp³-hybridized carbons (Fsp3) is 0. The van der Waals surface area contributed by atoms with Gasteiger partial charge in [0, 0.05) is 0 Å². The lowest BCUT2D eigenvalue weighted by atomic mass is 10.2. The highest BCUT2D eigenvalue weighted by Gasteiger charge is 2.16. The molecule has 5 heteroatoms. The van der Waals surface area contributed by atoms with Gasteiger partial charge in [0.25, 0.3) is 0 Å². The summed E-state index contributed by atoms with van der Waals surface area (Å²) in [5.74, 6) is -0.175. The lowest BCUT2D eigenvalue weighted by Crippen LogP contribution is -2.07. The molecule has 2 rings (SSSR count). The SMILES string of the molecule is O=NN(c1ccccc1O)c1ccccc1O. The van der Waals surface area contributed by atoms with Crippen molar-refractivity contribution in [1.82, 2.24) is 0 Å². The molecule has 0 saturated carbocycles. The number of nitroso groups, excluding NO2 is 1. The Hall–Kier alpha value is -2.56. The zero-order chi connectivity index (χ0) is 12.3. The molecular formula is C12H10N2O3. The predicted octanol–water partition coefficient (Wildman–Crippen LogP) is 2.92. The minimum Gasteiger partial charge on any atom is -0.506 e. The third-order valence-corrected chi connectivity index (χ3v) is 2.30. The highest BCUT2D eigenvalue weighted by Crippen LogP contribution is 2.37. The van der Waals surface area contributed by atoms with E-state index in [4.69, 9.17) is 0 Å². The third-order valence-electron chi connectivity index (χ3n) is 2.30. The number of anilines is 2. The molecule has 0 unspecified atom stereocenters. The Kier molecular flexibility index (Phi) is 2.91. The molecule has 0 heterocycles. The Morgan fingerprint density at radius 1 is 0.824 bits per heavy atom. The maximum atomic E-state index is 10.9. The molecular weight excluding hydrogens is 220 g/mol. The summed E-state index contributed by atoms with van der Waals surface area (Å²) in [4.78, 5) is 10.9. The Labute approximate surface area is 97.5 Å². The second kappa shape index (κ2) is 4.52. The standard InChI is InChI=1S/C12H10N2O3/c15-11-7-3-1-5-9(11)14(13-17)10-6-2-4-8-12(10)16/h1-8,15-16H. The first kappa shape index (κ1) is 10.9. The number of nitrogens with zero attached hydrogens (tertiary/aromatic N) is 2. The van der Waals surface area contributed by atoms with Crippen molar-refractivity contribution in [3.05, 3.63) is 53.4 Å². The summed E-state index contributed by atoms with van der Waals surface area (Å²) < 4.78 is 0. The van der Waals surface area contributed by atoms with Crippen LogP contribution in [0.4, 0.5) is 11.4 Å². The number of rotatable bonds is 3. The Balaban J connectivity index is 2.52. The van der Waals surface area contributed by atoms with Crippen molar-refractivity contribution >= 4 is 11.4 Å². The Bertz CT molecular complexity index is 497. The highest BCUT2D eigenvalue weighted by atomic mass is 16.3. The number of aromatic hydroxyl groups is 2. The summed E-state index contributed by atoms with van der Waals surface area (Å²) in [6.07, 6.45) is 0. The van der Waals surface area contributed by atoms with Gasteiger partial charge in [-0.25, -0.2) is 0 Å². The van der Waals surface area contributed by atoms with Gasteiger partial charge in [-0.15, -0.1) is 4.91 Å². The van der Waals surface area contributed by atoms with Crippen LogP contribution in [0.1, 0.15) is 0 Å². The molecule has 17 heavy (non-hydrogen) atoms. The van der Waals surface area contributed by atoms with Gasteiger partial charge in [0.1, 0.15) is 22.9 Å². The molecule has 2 aromatic rings. The second-order valence-corrected chi connectivity index (χ2v) is 3.37. The molecule has 0 atom stereocenters. The molecule has 0 fully saturated rings. The minimum absolute atomic E-state index is 0.0876. The molecule has 2 aromatic carbocycles. The van der Waals surface area contributed by atoms with Crippen molar-refractivity contribution in [3.63, 3.8) is 0 Å². The van der Waals surface area contributed by atoms with Crippen LogP contribution in [0.25, 0.3) is 0 Å². The van der Waals surface area contributed by atoms with Gasteiger partial charge in [0.15, 0.2) is 0 Å². The number of phenols is 2. The van der Waals surface area contributed by atoms with Gasteiger partial charge in [-0.1, -0.05) is 24.3 Å². The average Bonchev–Trinajstić information content (AvgIpc) is 2.34. The third kappa shape index (κ3) is 2.03. The number of hydrogen-bond donors (Lipinski definition) is 2. The van der Waals surface area contributed by atoms with E-state index >= 15 is 0 Å². The van der Waals surface area contributed by atoms with Crippen LogP contribution in [0.2, 0.25) is 0 Å². The van der Waals surface area contributed by atoms with Crippen LogP contribution in [-0.4, -0.2) is 10.2 Å². The van der Waals surface area contributed by atoms with Gasteiger partial charge in [-0.2, -0.15) is 5.01 Å². The number of para-hydroxylation sites is 4. The minimum atomic E-state index is -0.0876. The van der Waals surface area contributed by atoms with Gasteiger partial charge >= 0.3 is 0 Å². The molecule has 0 bridgehead atoms. The zero-order valence-corrected chi connectivity index (χ0v) is 8.82. The molecule has 0 spiro atoms. The molecule has 0 amide bonds. The number of hydrogen-bond acceptors (Lipinski definition) is 4. The first-order valence-corrected chi connectivity index (χ1v) is 4.93. The van der Waals surface area contributed by atoms with Crippen LogP contribution in [0.3, 0.4) is 0 Å². The maximum absolute atomic E-state index is 10.9. The monoisotopic (exact) mass is 230 g/mol. The predicted molar refractivity (Wildman–Crippen MR) is 64.1 cm³/mol. The van der Waals surface area contributed by atoms with Crippen molar-refractivity contribution < 1.29 is 10.2 Å². The van der Waals surface area contributed by atoms with Crippen LogP contribution < -0.4 is 5.01 Å². The lowest BCUT2D eigenvalue weighted by Gasteiger charge is -2.17. The quantitative estimate of drug-likeness (QED) is 0.628. The summed E-state index contributed by atoms with van der Waals surface area (Å²) >= 11 is 0. The topological polar surface area (TPSA) is 73.1 Å². The van der Waals surface area contributed by atoms with E-state index in [1.807, 2.05) is 0 Å². The van der Waals surface area contributed by atoms with Crippen LogP contribution in [0.5, 0.6) is 11.5 Å². The lowest BCUT2D eigenvalue weighted by molar-refractivity contribution is 0.471. The number of benzene rings is 2. The average molecular weight is 230 g/mol. The second-order valence-electron chi connectivity index (χ2n) is 3.37. The molecule has 0 saturated heterocycles. The van der Waals surface area contributed by atoms with Crippen molar-refractivity contribution in [3.8, 4) is 11.5 Å². The molecule has 86 valence electrons. The Morgan fingerprint density at radius 2 is 1.24 bits per heavy atom. The van der Waals surface area contributed by atoms with Crippen molar-refractivity contribution in [2.45, 2.75) is 0 Å². The highest BCUT2D eigenvalue weighted by molar-refractivity contribution is 5.71. The van der Waals surface area contributed by atoms with Crippen LogP contribution >= 0.6 is 0 Å². The van der Waals surface area contributed by atoms with E-state index < -0.39 is 0 Å². The van der Waals surface area contributed by atoms with E-state index in [2.05, 4.69) is 5.29 Å². The normalized spacial score (nSPS) is 9.88. The van der Waals surface area contributed by atoms with Crippen LogP contribution in [0.15, 0.2) is 53.8 Å². The molecule has 0 aromatic heterocycles. The zero-order valence-electron chi connectivity index (χ0n) is 8.82. The summed E-state index contributed by atoms with van der Waals surface area (Å²) in [6.45, 7) is 0. The molecule has 0 aliphatic rings. The van der Waals surface area contributed by atoms with E-state index in [0.29, 0.717) is 0 Å². The van der Waals surface area contributed by atoms with E-state index in [-0.39, 0.29) is 22.9 Å². The fourth-order valence-electron chi connectivity index (χ4n) is 1.50. The van der Waals surface area contributed by atoms with E-state index in [1.54, 1.807) is 24.3 Å². The molecule has 0 aliphatic carbocycles. The maximum Gasteiger partial charge on any atom is 0.141 e. The molecule has 0 radical (unpaired) electrons. The van der Waals surface area contributed by atoms with Gasteiger partial charge in [-0.05, 0) is 24.3 Å². The van der Waals surface area contributed by atoms with Gasteiger partial charge < -0.3 is 10.2 Å². The largest absolute Gasteiger partial charge is 0.506 e. The first-order valence-electron chi connectivity index (χ1n) is 4.93. The smallest absolute Gasteiger partial charge is 0.141 e. The first-order chi connectivity index (χ1) is 8.24. The van der Waals surface area contributed by atoms with E-state index in [9.17, 15) is 15.1 Å². The van der Waals surface area contributed by atoms with Crippen LogP contribution in [-0.2, 0) is 0 Å². The Morgan fingerprint density at radius 3 is 1.59 bits per heavy atom. The summed E-state index contributed by atoms with van der Waals surface area (Å²) in [5, 5.41) is 23.0. The summed E-state index contributed by atoms with van der Waals surface area (Å²) in [7, 11) is 0. The summed E-state index contributed by atoms with van der Waals surface area (Å²) in [6, 6.07) is 12.5. The van der Waals surface area contributed by atoms with Crippen LogP contribution in [0, 0.1) is 4.91 Å². The molecule has 0 aliphatic heterocycles. The van der Waals surface area contributed by atoms with Crippen molar-refractivity contribution in [2.75, 3.05) is 5.01 Å².